The predicted octanol–water partition coefficient (Wildman–Crippen LogP) is 4.18. The van der Waals surface area contributed by atoms with Crippen LogP contribution >= 0.6 is 23.2 Å². The molecule has 1 rings (SSSR count). The van der Waals surface area contributed by atoms with E-state index in [4.69, 9.17) is 23.2 Å². The second-order valence-electron chi connectivity index (χ2n) is 3.98. The number of hydrogen-bond donors (Lipinski definition) is 0. The highest BCUT2D eigenvalue weighted by Gasteiger charge is 2.19. The van der Waals surface area contributed by atoms with Gasteiger partial charge in [-0.05, 0) is 18.6 Å². The third kappa shape index (κ3) is 3.55. The summed E-state index contributed by atoms with van der Waals surface area (Å²) in [4.78, 5) is 23.5. The molecule has 0 radical (unpaired) electrons. The van der Waals surface area contributed by atoms with Gasteiger partial charge in [-0.15, -0.1) is 0 Å². The fourth-order valence-electron chi connectivity index (χ4n) is 1.37. The number of benzene rings is 1. The highest BCUT2D eigenvalue weighted by atomic mass is 35.5. The Bertz CT molecular complexity index is 441. The molecule has 0 heterocycles. The van der Waals surface area contributed by atoms with Crippen molar-refractivity contribution in [2.45, 2.75) is 26.7 Å². The maximum absolute atomic E-state index is 11.9. The Kier molecular flexibility index (Phi) is 5.16. The largest absolute Gasteiger partial charge is 0.299 e. The maximum Gasteiger partial charge on any atom is 0.171 e. The average Bonchev–Trinajstić information content (AvgIpc) is 2.31. The average molecular weight is 273 g/mol. The van der Waals surface area contributed by atoms with E-state index >= 15 is 0 Å². The van der Waals surface area contributed by atoms with Gasteiger partial charge in [-0.3, -0.25) is 9.59 Å². The molecule has 1 aromatic rings. The minimum atomic E-state index is -0.275. The second kappa shape index (κ2) is 6.18. The van der Waals surface area contributed by atoms with Gasteiger partial charge in [0.05, 0.1) is 16.5 Å². The highest BCUT2D eigenvalue weighted by molar-refractivity contribution is 6.44. The van der Waals surface area contributed by atoms with Crippen LogP contribution in [0.3, 0.4) is 0 Å². The molecule has 0 N–H and O–H groups in total. The van der Waals surface area contributed by atoms with E-state index in [0.29, 0.717) is 10.6 Å². The van der Waals surface area contributed by atoms with E-state index in [1.807, 2.05) is 13.8 Å². The zero-order chi connectivity index (χ0) is 13.0. The lowest BCUT2D eigenvalue weighted by atomic mass is 9.97. The molecule has 1 atom stereocenters. The van der Waals surface area contributed by atoms with E-state index < -0.39 is 0 Å². The number of Topliss-reactive ketones (excluding diaryl/α,β-unsaturated/α-hetero) is 2. The lowest BCUT2D eigenvalue weighted by Crippen LogP contribution is -2.15. The number of halogens is 2. The zero-order valence-corrected chi connectivity index (χ0v) is 11.3. The molecule has 0 amide bonds. The van der Waals surface area contributed by atoms with E-state index in [2.05, 4.69) is 0 Å². The molecule has 1 unspecified atom stereocenters. The summed E-state index contributed by atoms with van der Waals surface area (Å²) >= 11 is 11.7. The molecule has 0 bridgehead atoms. The Hall–Kier alpha value is -0.860. The van der Waals surface area contributed by atoms with Crippen LogP contribution in [0, 0.1) is 5.92 Å². The van der Waals surface area contributed by atoms with Crippen molar-refractivity contribution >= 4 is 34.8 Å². The van der Waals surface area contributed by atoms with Crippen LogP contribution in [0.1, 0.15) is 37.0 Å². The first-order chi connectivity index (χ1) is 7.97. The standard InChI is InChI=1S/C13H14Cl2O2/c1-3-8(2)11(16)7-12(17)9-5-4-6-10(14)13(9)15/h4-6,8H,3,7H2,1-2H3. The highest BCUT2D eigenvalue weighted by Crippen LogP contribution is 2.26. The summed E-state index contributed by atoms with van der Waals surface area (Å²) in [5.41, 5.74) is 0.316. The Balaban J connectivity index is 2.84. The minimum absolute atomic E-state index is 0.0615. The molecular weight excluding hydrogens is 259 g/mol. The van der Waals surface area contributed by atoms with Gasteiger partial charge in [0, 0.05) is 11.5 Å². The molecule has 2 nitrogen and oxygen atoms in total. The van der Waals surface area contributed by atoms with Crippen molar-refractivity contribution in [3.05, 3.63) is 33.8 Å². The molecule has 0 spiro atoms. The number of ketones is 2. The molecule has 0 aliphatic heterocycles. The summed E-state index contributed by atoms with van der Waals surface area (Å²) in [5.74, 6) is -0.437. The van der Waals surface area contributed by atoms with Crippen LogP contribution in [-0.2, 0) is 4.79 Å². The zero-order valence-electron chi connectivity index (χ0n) is 9.80. The van der Waals surface area contributed by atoms with Gasteiger partial charge in [-0.2, -0.15) is 0 Å². The second-order valence-corrected chi connectivity index (χ2v) is 4.76. The summed E-state index contributed by atoms with van der Waals surface area (Å²) in [6.07, 6.45) is 0.616. The number of carbonyl (C=O) groups is 2. The van der Waals surface area contributed by atoms with Crippen LogP contribution in [-0.4, -0.2) is 11.6 Å². The van der Waals surface area contributed by atoms with Crippen LogP contribution < -0.4 is 0 Å². The quantitative estimate of drug-likeness (QED) is 0.595. The topological polar surface area (TPSA) is 34.1 Å². The maximum atomic E-state index is 11.9. The van der Waals surface area contributed by atoms with Crippen molar-refractivity contribution < 1.29 is 9.59 Å². The van der Waals surface area contributed by atoms with Crippen LogP contribution in [0.25, 0.3) is 0 Å². The Morgan fingerprint density at radius 3 is 2.53 bits per heavy atom. The molecule has 4 heteroatoms. The molecule has 92 valence electrons. The summed E-state index contributed by atoms with van der Waals surface area (Å²) in [5, 5.41) is 0.546. The molecule has 0 aromatic heterocycles. The molecule has 1 aromatic carbocycles. The van der Waals surface area contributed by atoms with Gasteiger partial charge in [-0.25, -0.2) is 0 Å². The molecular formula is C13H14Cl2O2. The van der Waals surface area contributed by atoms with Crippen LogP contribution in [0.5, 0.6) is 0 Å². The molecule has 17 heavy (non-hydrogen) atoms. The first kappa shape index (κ1) is 14.2. The molecule has 0 saturated carbocycles. The third-order valence-electron chi connectivity index (χ3n) is 2.75. The van der Waals surface area contributed by atoms with Gasteiger partial charge >= 0.3 is 0 Å². The lowest BCUT2D eigenvalue weighted by molar-refractivity contribution is -0.121. The van der Waals surface area contributed by atoms with Crippen molar-refractivity contribution in [3.8, 4) is 0 Å². The van der Waals surface area contributed by atoms with Gasteiger partial charge in [0.1, 0.15) is 5.78 Å². The van der Waals surface area contributed by atoms with E-state index in [-0.39, 0.29) is 28.9 Å². The summed E-state index contributed by atoms with van der Waals surface area (Å²) in [7, 11) is 0. The predicted molar refractivity (Wildman–Crippen MR) is 69.9 cm³/mol. The van der Waals surface area contributed by atoms with Crippen molar-refractivity contribution in [1.29, 1.82) is 0 Å². The van der Waals surface area contributed by atoms with Crippen molar-refractivity contribution in [2.75, 3.05) is 0 Å². The molecule has 0 aliphatic carbocycles. The van der Waals surface area contributed by atoms with Gasteiger partial charge in [0.2, 0.25) is 0 Å². The first-order valence-electron chi connectivity index (χ1n) is 5.47. The normalized spacial score (nSPS) is 12.2. The van der Waals surface area contributed by atoms with Gasteiger partial charge in [0.15, 0.2) is 5.78 Å². The minimum Gasteiger partial charge on any atom is -0.299 e. The Morgan fingerprint density at radius 2 is 1.94 bits per heavy atom. The van der Waals surface area contributed by atoms with E-state index in [0.717, 1.165) is 6.42 Å². The van der Waals surface area contributed by atoms with E-state index in [1.54, 1.807) is 18.2 Å². The van der Waals surface area contributed by atoms with Crippen LogP contribution in [0.4, 0.5) is 0 Å². The number of rotatable bonds is 5. The van der Waals surface area contributed by atoms with Crippen molar-refractivity contribution in [2.24, 2.45) is 5.92 Å². The van der Waals surface area contributed by atoms with Crippen molar-refractivity contribution in [1.82, 2.24) is 0 Å². The van der Waals surface area contributed by atoms with Crippen LogP contribution in [0.15, 0.2) is 18.2 Å². The monoisotopic (exact) mass is 272 g/mol. The van der Waals surface area contributed by atoms with Gasteiger partial charge < -0.3 is 0 Å². The third-order valence-corrected chi connectivity index (χ3v) is 3.57. The fourth-order valence-corrected chi connectivity index (χ4v) is 1.78. The van der Waals surface area contributed by atoms with Crippen LogP contribution in [0.2, 0.25) is 10.0 Å². The summed E-state index contributed by atoms with van der Waals surface area (Å²) in [6.45, 7) is 3.73. The summed E-state index contributed by atoms with van der Waals surface area (Å²) < 4.78 is 0. The number of carbonyl (C=O) groups excluding carboxylic acids is 2. The van der Waals surface area contributed by atoms with E-state index in [9.17, 15) is 9.59 Å². The van der Waals surface area contributed by atoms with Gasteiger partial charge in [-0.1, -0.05) is 43.1 Å². The molecule has 0 aliphatic rings. The smallest absolute Gasteiger partial charge is 0.171 e. The number of hydrogen-bond acceptors (Lipinski definition) is 2. The van der Waals surface area contributed by atoms with E-state index in [1.165, 1.54) is 0 Å². The summed E-state index contributed by atoms with van der Waals surface area (Å²) in [6, 6.07) is 4.84. The fraction of sp³-hybridized carbons (Fsp3) is 0.385. The van der Waals surface area contributed by atoms with Gasteiger partial charge in [0.25, 0.3) is 0 Å². The Morgan fingerprint density at radius 1 is 1.29 bits per heavy atom. The first-order valence-corrected chi connectivity index (χ1v) is 6.22. The molecule has 0 fully saturated rings. The SMILES string of the molecule is CCC(C)C(=O)CC(=O)c1cccc(Cl)c1Cl. The van der Waals surface area contributed by atoms with Crippen molar-refractivity contribution in [3.63, 3.8) is 0 Å². The Labute approximate surface area is 111 Å². The lowest BCUT2D eigenvalue weighted by Gasteiger charge is -2.08. The molecule has 0 saturated heterocycles.